The molecule has 92 valence electrons. The second-order valence-corrected chi connectivity index (χ2v) is 4.64. The second kappa shape index (κ2) is 5.08. The van der Waals surface area contributed by atoms with Gasteiger partial charge in [-0.05, 0) is 37.0 Å². The molecule has 0 unspecified atom stereocenters. The molecule has 0 radical (unpaired) electrons. The maximum Gasteiger partial charge on any atom is 0.337 e. The molecular formula is C13H18N2O2. The molecule has 1 aliphatic rings. The zero-order valence-corrected chi connectivity index (χ0v) is 9.78. The van der Waals surface area contributed by atoms with Gasteiger partial charge in [0, 0.05) is 12.2 Å². The average Bonchev–Trinajstić information content (AvgIpc) is 2.78. The molecule has 0 bridgehead atoms. The van der Waals surface area contributed by atoms with Crippen LogP contribution in [0.4, 0.5) is 11.4 Å². The molecule has 0 amide bonds. The van der Waals surface area contributed by atoms with Gasteiger partial charge in [0.25, 0.3) is 0 Å². The summed E-state index contributed by atoms with van der Waals surface area (Å²) in [4.78, 5) is 11.0. The van der Waals surface area contributed by atoms with Crippen molar-refractivity contribution in [3.8, 4) is 0 Å². The Labute approximate surface area is 101 Å². The van der Waals surface area contributed by atoms with E-state index in [1.807, 2.05) is 0 Å². The van der Waals surface area contributed by atoms with E-state index >= 15 is 0 Å². The molecule has 0 spiro atoms. The lowest BCUT2D eigenvalue weighted by Gasteiger charge is -2.14. The van der Waals surface area contributed by atoms with E-state index in [0.717, 1.165) is 6.54 Å². The number of hydrogen-bond acceptors (Lipinski definition) is 3. The van der Waals surface area contributed by atoms with E-state index in [1.54, 1.807) is 18.2 Å². The molecule has 4 N–H and O–H groups in total. The van der Waals surface area contributed by atoms with Gasteiger partial charge in [0.2, 0.25) is 0 Å². The third kappa shape index (κ3) is 2.90. The van der Waals surface area contributed by atoms with Gasteiger partial charge < -0.3 is 16.2 Å². The number of nitrogens with two attached hydrogens (primary N) is 1. The van der Waals surface area contributed by atoms with Crippen LogP contribution < -0.4 is 11.1 Å². The van der Waals surface area contributed by atoms with E-state index in [4.69, 9.17) is 10.8 Å². The fraction of sp³-hybridized carbons (Fsp3) is 0.462. The maximum absolute atomic E-state index is 11.0. The third-order valence-corrected chi connectivity index (χ3v) is 3.33. The summed E-state index contributed by atoms with van der Waals surface area (Å²) in [5, 5.41) is 12.3. The molecule has 1 saturated carbocycles. The molecule has 2 rings (SSSR count). The maximum atomic E-state index is 11.0. The van der Waals surface area contributed by atoms with Gasteiger partial charge in [-0.3, -0.25) is 0 Å². The number of carboxylic acids is 1. The summed E-state index contributed by atoms with van der Waals surface area (Å²) in [5.74, 6) is -0.253. The Kier molecular flexibility index (Phi) is 3.52. The van der Waals surface area contributed by atoms with Gasteiger partial charge in [-0.1, -0.05) is 12.8 Å². The lowest BCUT2D eigenvalue weighted by atomic mass is 10.1. The second-order valence-electron chi connectivity index (χ2n) is 4.64. The van der Waals surface area contributed by atoms with Crippen LogP contribution in [-0.2, 0) is 0 Å². The molecule has 0 heterocycles. The molecule has 1 aliphatic carbocycles. The Balaban J connectivity index is 2.07. The van der Waals surface area contributed by atoms with Crippen LogP contribution in [0.5, 0.6) is 0 Å². The first kappa shape index (κ1) is 11.8. The number of anilines is 2. The van der Waals surface area contributed by atoms with Crippen molar-refractivity contribution in [2.45, 2.75) is 25.7 Å². The van der Waals surface area contributed by atoms with E-state index in [9.17, 15) is 4.79 Å². The highest BCUT2D eigenvalue weighted by Gasteiger charge is 2.16. The minimum atomic E-state index is -0.918. The van der Waals surface area contributed by atoms with Crippen molar-refractivity contribution in [2.75, 3.05) is 17.6 Å². The van der Waals surface area contributed by atoms with Crippen molar-refractivity contribution in [1.82, 2.24) is 0 Å². The predicted octanol–water partition coefficient (Wildman–Crippen LogP) is 2.57. The van der Waals surface area contributed by atoms with Crippen LogP contribution in [0.3, 0.4) is 0 Å². The van der Waals surface area contributed by atoms with Gasteiger partial charge in [-0.15, -0.1) is 0 Å². The summed E-state index contributed by atoms with van der Waals surface area (Å²) in [6, 6.07) is 4.86. The Morgan fingerprint density at radius 1 is 1.41 bits per heavy atom. The largest absolute Gasteiger partial charge is 0.478 e. The van der Waals surface area contributed by atoms with Crippen LogP contribution >= 0.6 is 0 Å². The van der Waals surface area contributed by atoms with Gasteiger partial charge >= 0.3 is 5.97 Å². The Bertz CT molecular complexity index is 412. The topological polar surface area (TPSA) is 75.4 Å². The summed E-state index contributed by atoms with van der Waals surface area (Å²) in [6.07, 6.45) is 5.04. The smallest absolute Gasteiger partial charge is 0.337 e. The van der Waals surface area contributed by atoms with Crippen molar-refractivity contribution in [2.24, 2.45) is 5.92 Å². The van der Waals surface area contributed by atoms with Crippen molar-refractivity contribution in [3.63, 3.8) is 0 Å². The number of nitrogens with one attached hydrogen (secondary N) is 1. The lowest BCUT2D eigenvalue weighted by Crippen LogP contribution is -2.14. The van der Waals surface area contributed by atoms with Gasteiger partial charge in [-0.2, -0.15) is 0 Å². The van der Waals surface area contributed by atoms with Crippen LogP contribution in [0.15, 0.2) is 18.2 Å². The van der Waals surface area contributed by atoms with Crippen molar-refractivity contribution in [3.05, 3.63) is 23.8 Å². The number of carbonyl (C=O) groups is 1. The molecule has 1 fully saturated rings. The van der Waals surface area contributed by atoms with E-state index in [2.05, 4.69) is 5.32 Å². The normalized spacial score (nSPS) is 16.0. The van der Waals surface area contributed by atoms with Crippen LogP contribution in [0, 0.1) is 5.92 Å². The van der Waals surface area contributed by atoms with Crippen LogP contribution in [0.2, 0.25) is 0 Å². The first-order valence-corrected chi connectivity index (χ1v) is 6.03. The quantitative estimate of drug-likeness (QED) is 0.700. The van der Waals surface area contributed by atoms with Gasteiger partial charge in [0.05, 0.1) is 11.3 Å². The highest BCUT2D eigenvalue weighted by molar-refractivity contribution is 5.95. The molecule has 0 saturated heterocycles. The van der Waals surface area contributed by atoms with E-state index < -0.39 is 5.97 Å². The van der Waals surface area contributed by atoms with Gasteiger partial charge in [0.1, 0.15) is 0 Å². The molecule has 1 aromatic rings. The zero-order chi connectivity index (χ0) is 12.3. The molecule has 0 atom stereocenters. The summed E-state index contributed by atoms with van der Waals surface area (Å²) in [6.45, 7) is 0.837. The van der Waals surface area contributed by atoms with E-state index in [1.165, 1.54) is 25.7 Å². The third-order valence-electron chi connectivity index (χ3n) is 3.33. The highest BCUT2D eigenvalue weighted by Crippen LogP contribution is 2.26. The molecular weight excluding hydrogens is 216 g/mol. The Morgan fingerprint density at radius 3 is 2.76 bits per heavy atom. The number of aromatic carboxylic acids is 1. The number of hydrogen-bond donors (Lipinski definition) is 3. The van der Waals surface area contributed by atoms with Gasteiger partial charge in [-0.25, -0.2) is 4.79 Å². The van der Waals surface area contributed by atoms with E-state index in [0.29, 0.717) is 17.3 Å². The van der Waals surface area contributed by atoms with Crippen LogP contribution in [0.25, 0.3) is 0 Å². The monoisotopic (exact) mass is 234 g/mol. The zero-order valence-electron chi connectivity index (χ0n) is 9.78. The summed E-state index contributed by atoms with van der Waals surface area (Å²) < 4.78 is 0. The summed E-state index contributed by atoms with van der Waals surface area (Å²) in [7, 11) is 0. The Hall–Kier alpha value is -1.71. The van der Waals surface area contributed by atoms with Crippen molar-refractivity contribution < 1.29 is 9.90 Å². The standard InChI is InChI=1S/C13H18N2O2/c14-10-5-6-11(13(16)17)12(7-10)15-8-9-3-1-2-4-9/h5-7,9,15H,1-4,8,14H2,(H,16,17). The first-order chi connectivity index (χ1) is 8.16. The molecule has 17 heavy (non-hydrogen) atoms. The van der Waals surface area contributed by atoms with Crippen molar-refractivity contribution in [1.29, 1.82) is 0 Å². The molecule has 1 aromatic carbocycles. The highest BCUT2D eigenvalue weighted by atomic mass is 16.4. The molecule has 0 aromatic heterocycles. The summed E-state index contributed by atoms with van der Waals surface area (Å²) in [5.41, 5.74) is 7.18. The number of rotatable bonds is 4. The predicted molar refractivity (Wildman–Crippen MR) is 68.3 cm³/mol. The summed E-state index contributed by atoms with van der Waals surface area (Å²) >= 11 is 0. The minimum Gasteiger partial charge on any atom is -0.478 e. The Morgan fingerprint density at radius 2 is 2.12 bits per heavy atom. The average molecular weight is 234 g/mol. The number of benzene rings is 1. The molecule has 0 aliphatic heterocycles. The lowest BCUT2D eigenvalue weighted by molar-refractivity contribution is 0.0698. The first-order valence-electron chi connectivity index (χ1n) is 6.03. The minimum absolute atomic E-state index is 0.289. The fourth-order valence-corrected chi connectivity index (χ4v) is 2.36. The van der Waals surface area contributed by atoms with Gasteiger partial charge in [0.15, 0.2) is 0 Å². The number of carboxylic acid groups (broad SMARTS) is 1. The SMILES string of the molecule is Nc1ccc(C(=O)O)c(NCC2CCCC2)c1. The number of nitrogen functional groups attached to an aromatic ring is 1. The van der Waals surface area contributed by atoms with Crippen LogP contribution in [0.1, 0.15) is 36.0 Å². The van der Waals surface area contributed by atoms with Crippen molar-refractivity contribution >= 4 is 17.3 Å². The fourth-order valence-electron chi connectivity index (χ4n) is 2.36. The van der Waals surface area contributed by atoms with Crippen LogP contribution in [-0.4, -0.2) is 17.6 Å². The van der Waals surface area contributed by atoms with E-state index in [-0.39, 0.29) is 5.56 Å². The molecule has 4 heteroatoms. The molecule has 4 nitrogen and oxygen atoms in total.